The van der Waals surface area contributed by atoms with Crippen LogP contribution in [0.3, 0.4) is 0 Å². The molecule has 3 rings (SSSR count). The molecule has 1 aromatic carbocycles. The summed E-state index contributed by atoms with van der Waals surface area (Å²) in [5.41, 5.74) is 0.278. The van der Waals surface area contributed by atoms with Gasteiger partial charge in [0, 0.05) is 33.8 Å². The number of furan rings is 1. The van der Waals surface area contributed by atoms with Gasteiger partial charge in [0.25, 0.3) is 11.6 Å². The van der Waals surface area contributed by atoms with Crippen LogP contribution in [0.4, 0.5) is 5.69 Å². The second kappa shape index (κ2) is 7.21. The molecule has 1 fully saturated rings. The Balaban J connectivity index is 1.89. The molecule has 140 valence electrons. The topological polar surface area (TPSA) is 76.6 Å². The highest BCUT2D eigenvalue weighted by Crippen LogP contribution is 2.38. The SMILES string of the molecule is CC(C)(C)N1C(=O)/C(=C\c2ccc(-c3ccc([N+](=O)[O-])cc3Br)o2)SC1=S. The van der Waals surface area contributed by atoms with Gasteiger partial charge in [-0.25, -0.2) is 0 Å². The molecule has 1 aliphatic rings. The highest BCUT2D eigenvalue weighted by atomic mass is 79.9. The number of halogens is 1. The summed E-state index contributed by atoms with van der Waals surface area (Å²) in [6, 6.07) is 7.95. The van der Waals surface area contributed by atoms with Crippen molar-refractivity contribution in [1.82, 2.24) is 4.90 Å². The third-order valence-corrected chi connectivity index (χ3v) is 5.75. The normalized spacial score (nSPS) is 16.4. The number of thioether (sulfide) groups is 1. The van der Waals surface area contributed by atoms with Crippen molar-refractivity contribution in [2.24, 2.45) is 0 Å². The largest absolute Gasteiger partial charge is 0.457 e. The molecule has 0 N–H and O–H groups in total. The molecule has 0 unspecified atom stereocenters. The van der Waals surface area contributed by atoms with E-state index in [4.69, 9.17) is 16.6 Å². The Bertz CT molecular complexity index is 991. The fourth-order valence-electron chi connectivity index (χ4n) is 2.57. The number of non-ortho nitro benzene ring substituents is 1. The van der Waals surface area contributed by atoms with Gasteiger partial charge in [-0.15, -0.1) is 0 Å². The lowest BCUT2D eigenvalue weighted by Crippen LogP contribution is -2.44. The maximum Gasteiger partial charge on any atom is 0.270 e. The van der Waals surface area contributed by atoms with E-state index in [2.05, 4.69) is 15.9 Å². The standard InChI is InChI=1S/C18H15BrN2O4S2/c1-18(2,3)20-16(22)15(27-17(20)26)9-11-5-7-14(25-11)12-6-4-10(21(23)24)8-13(12)19/h4-9H,1-3H3/b15-9+. The third kappa shape index (κ3) is 3.99. The first-order chi connectivity index (χ1) is 12.6. The molecular weight excluding hydrogens is 452 g/mol. The van der Waals surface area contributed by atoms with Crippen LogP contribution in [0.25, 0.3) is 17.4 Å². The van der Waals surface area contributed by atoms with Gasteiger partial charge in [-0.1, -0.05) is 24.0 Å². The van der Waals surface area contributed by atoms with E-state index in [-0.39, 0.29) is 11.6 Å². The molecule has 0 radical (unpaired) electrons. The molecule has 27 heavy (non-hydrogen) atoms. The number of thiocarbonyl (C=S) groups is 1. The molecule has 1 amide bonds. The van der Waals surface area contributed by atoms with Crippen molar-refractivity contribution in [2.75, 3.05) is 0 Å². The minimum absolute atomic E-state index is 0.0109. The van der Waals surface area contributed by atoms with Gasteiger partial charge < -0.3 is 4.42 Å². The summed E-state index contributed by atoms with van der Waals surface area (Å²) in [7, 11) is 0. The summed E-state index contributed by atoms with van der Waals surface area (Å²) in [6.45, 7) is 5.79. The van der Waals surface area contributed by atoms with Gasteiger partial charge in [-0.05, 0) is 54.9 Å². The minimum atomic E-state index is -0.459. The van der Waals surface area contributed by atoms with Crippen molar-refractivity contribution in [2.45, 2.75) is 26.3 Å². The molecule has 6 nitrogen and oxygen atoms in total. The molecule has 1 saturated heterocycles. The highest BCUT2D eigenvalue weighted by Gasteiger charge is 2.39. The van der Waals surface area contributed by atoms with Gasteiger partial charge in [-0.3, -0.25) is 19.8 Å². The van der Waals surface area contributed by atoms with E-state index >= 15 is 0 Å². The van der Waals surface area contributed by atoms with E-state index in [0.717, 1.165) is 0 Å². The maximum atomic E-state index is 12.6. The average molecular weight is 467 g/mol. The van der Waals surface area contributed by atoms with E-state index in [1.807, 2.05) is 20.8 Å². The molecule has 2 aromatic rings. The molecule has 2 heterocycles. The Kier molecular flexibility index (Phi) is 5.29. The van der Waals surface area contributed by atoms with Gasteiger partial charge >= 0.3 is 0 Å². The number of carbonyl (C=O) groups excluding carboxylic acids is 1. The summed E-state index contributed by atoms with van der Waals surface area (Å²) in [5, 5.41) is 10.9. The number of amides is 1. The summed E-state index contributed by atoms with van der Waals surface area (Å²) < 4.78 is 6.88. The van der Waals surface area contributed by atoms with Crippen LogP contribution < -0.4 is 0 Å². The number of hydrogen-bond donors (Lipinski definition) is 0. The Morgan fingerprint density at radius 3 is 2.56 bits per heavy atom. The van der Waals surface area contributed by atoms with Crippen LogP contribution in [0.1, 0.15) is 26.5 Å². The maximum absolute atomic E-state index is 12.6. The molecule has 0 atom stereocenters. The lowest BCUT2D eigenvalue weighted by molar-refractivity contribution is -0.384. The van der Waals surface area contributed by atoms with Gasteiger partial charge in [0.2, 0.25) is 0 Å². The molecule has 1 aromatic heterocycles. The Morgan fingerprint density at radius 1 is 1.30 bits per heavy atom. The Morgan fingerprint density at radius 2 is 2.00 bits per heavy atom. The second-order valence-electron chi connectivity index (χ2n) is 6.81. The van der Waals surface area contributed by atoms with Crippen LogP contribution in [-0.2, 0) is 4.79 Å². The smallest absolute Gasteiger partial charge is 0.270 e. The first kappa shape index (κ1) is 19.8. The van der Waals surface area contributed by atoms with Crippen molar-refractivity contribution in [3.8, 4) is 11.3 Å². The predicted octanol–water partition coefficient (Wildman–Crippen LogP) is 5.62. The molecular formula is C18H15BrN2O4S2. The number of carbonyl (C=O) groups is 1. The molecule has 1 aliphatic heterocycles. The van der Waals surface area contributed by atoms with Crippen molar-refractivity contribution >= 4 is 61.9 Å². The molecule has 9 heteroatoms. The minimum Gasteiger partial charge on any atom is -0.457 e. The third-order valence-electron chi connectivity index (χ3n) is 3.79. The van der Waals surface area contributed by atoms with Crippen LogP contribution >= 0.6 is 39.9 Å². The number of rotatable bonds is 3. The van der Waals surface area contributed by atoms with Crippen LogP contribution in [0.5, 0.6) is 0 Å². The van der Waals surface area contributed by atoms with Crippen LogP contribution in [-0.4, -0.2) is 25.6 Å². The van der Waals surface area contributed by atoms with E-state index in [9.17, 15) is 14.9 Å². The molecule has 0 bridgehead atoms. The summed E-state index contributed by atoms with van der Waals surface area (Å²) in [6.07, 6.45) is 1.66. The average Bonchev–Trinajstić information content (AvgIpc) is 3.11. The summed E-state index contributed by atoms with van der Waals surface area (Å²) in [5.74, 6) is 0.894. The lowest BCUT2D eigenvalue weighted by atomic mass is 10.1. The number of hydrogen-bond acceptors (Lipinski definition) is 6. The van der Waals surface area contributed by atoms with Gasteiger partial charge in [0.15, 0.2) is 0 Å². The Hall–Kier alpha value is -1.97. The van der Waals surface area contributed by atoms with Gasteiger partial charge in [0.1, 0.15) is 15.8 Å². The lowest BCUT2D eigenvalue weighted by Gasteiger charge is -2.30. The van der Waals surface area contributed by atoms with Gasteiger partial charge in [0.05, 0.1) is 9.83 Å². The van der Waals surface area contributed by atoms with Crippen molar-refractivity contribution in [3.05, 3.63) is 55.6 Å². The van der Waals surface area contributed by atoms with E-state index in [1.165, 1.54) is 23.9 Å². The number of nitro benzene ring substituents is 1. The molecule has 0 spiro atoms. The predicted molar refractivity (Wildman–Crippen MR) is 113 cm³/mol. The van der Waals surface area contributed by atoms with E-state index in [0.29, 0.717) is 30.8 Å². The zero-order chi connectivity index (χ0) is 19.9. The first-order valence-corrected chi connectivity index (χ1v) is 9.92. The first-order valence-electron chi connectivity index (χ1n) is 7.90. The van der Waals surface area contributed by atoms with Crippen LogP contribution in [0.2, 0.25) is 0 Å². The Labute approximate surface area is 173 Å². The zero-order valence-electron chi connectivity index (χ0n) is 14.7. The monoisotopic (exact) mass is 466 g/mol. The number of benzene rings is 1. The number of nitrogens with zero attached hydrogens (tertiary/aromatic N) is 2. The summed E-state index contributed by atoms with van der Waals surface area (Å²) >= 11 is 9.90. The van der Waals surface area contributed by atoms with Crippen molar-refractivity contribution in [1.29, 1.82) is 0 Å². The van der Waals surface area contributed by atoms with Crippen molar-refractivity contribution < 1.29 is 14.1 Å². The molecule has 0 aliphatic carbocycles. The number of nitro groups is 1. The zero-order valence-corrected chi connectivity index (χ0v) is 17.9. The van der Waals surface area contributed by atoms with Crippen LogP contribution in [0, 0.1) is 10.1 Å². The fourth-order valence-corrected chi connectivity index (χ4v) is 4.75. The fraction of sp³-hybridized carbons (Fsp3) is 0.222. The highest BCUT2D eigenvalue weighted by molar-refractivity contribution is 9.10. The molecule has 0 saturated carbocycles. The van der Waals surface area contributed by atoms with Gasteiger partial charge in [-0.2, -0.15) is 0 Å². The quantitative estimate of drug-likeness (QED) is 0.253. The van der Waals surface area contributed by atoms with E-state index < -0.39 is 10.5 Å². The van der Waals surface area contributed by atoms with Crippen molar-refractivity contribution in [3.63, 3.8) is 0 Å². The van der Waals surface area contributed by atoms with Crippen LogP contribution in [0.15, 0.2) is 44.1 Å². The summed E-state index contributed by atoms with van der Waals surface area (Å²) in [4.78, 5) is 25.1. The van der Waals surface area contributed by atoms with E-state index in [1.54, 1.807) is 29.2 Å². The second-order valence-corrected chi connectivity index (χ2v) is 9.34.